The van der Waals surface area contributed by atoms with Gasteiger partial charge in [0.05, 0.1) is 11.9 Å². The molecule has 0 radical (unpaired) electrons. The Morgan fingerprint density at radius 1 is 1.11 bits per heavy atom. The van der Waals surface area contributed by atoms with Gasteiger partial charge in [0.1, 0.15) is 0 Å². The van der Waals surface area contributed by atoms with Crippen LogP contribution in [0.4, 0.5) is 10.1 Å². The Hall–Kier alpha value is -1.99. The van der Waals surface area contributed by atoms with E-state index in [4.69, 9.17) is 0 Å². The summed E-state index contributed by atoms with van der Waals surface area (Å²) in [7, 11) is -3.71. The van der Waals surface area contributed by atoms with E-state index in [1.165, 1.54) is 6.07 Å². The van der Waals surface area contributed by atoms with Crippen LogP contribution in [0.2, 0.25) is 0 Å². The largest absolute Gasteiger partial charge is 0.299 e. The first-order valence-corrected chi connectivity index (χ1v) is 6.96. The number of benzene rings is 1. The minimum absolute atomic E-state index is 0.171. The minimum Gasteiger partial charge on any atom is -0.270 e. The van der Waals surface area contributed by atoms with Crippen LogP contribution in [0, 0.1) is 5.95 Å². The van der Waals surface area contributed by atoms with Crippen molar-refractivity contribution in [1.82, 2.24) is 9.71 Å². The van der Waals surface area contributed by atoms with E-state index in [-0.39, 0.29) is 12.2 Å². The lowest BCUT2D eigenvalue weighted by molar-refractivity contribution is 0.581. The maximum atomic E-state index is 12.6. The highest BCUT2D eigenvalue weighted by Crippen LogP contribution is 2.07. The zero-order valence-corrected chi connectivity index (χ0v) is 10.7. The fourth-order valence-corrected chi connectivity index (χ4v) is 2.26. The molecule has 1 heterocycles. The molecule has 0 amide bonds. The number of nitrogens with zero attached hydrogens (tertiary/aromatic N) is 1. The standard InChI is InChI=1S/C12H12FN3O2S/c13-12-7-6-11(9-14-12)16-19(17,18)15-8-10-4-2-1-3-5-10/h1-7,9,15-16H,8H2. The third-order valence-corrected chi connectivity index (χ3v) is 3.32. The second kappa shape index (κ2) is 5.77. The van der Waals surface area contributed by atoms with Crippen molar-refractivity contribution in [1.29, 1.82) is 0 Å². The van der Waals surface area contributed by atoms with Crippen molar-refractivity contribution in [2.75, 3.05) is 4.72 Å². The quantitative estimate of drug-likeness (QED) is 0.819. The van der Waals surface area contributed by atoms with E-state index in [1.807, 2.05) is 30.3 Å². The molecule has 0 atom stereocenters. The van der Waals surface area contributed by atoms with Crippen molar-refractivity contribution in [3.63, 3.8) is 0 Å². The Morgan fingerprint density at radius 3 is 2.47 bits per heavy atom. The molecule has 5 nitrogen and oxygen atoms in total. The van der Waals surface area contributed by atoms with Crippen LogP contribution in [0.5, 0.6) is 0 Å². The molecule has 0 saturated heterocycles. The summed E-state index contributed by atoms with van der Waals surface area (Å²) in [6.07, 6.45) is 1.11. The number of hydrogen-bond donors (Lipinski definition) is 2. The summed E-state index contributed by atoms with van der Waals surface area (Å²) >= 11 is 0. The van der Waals surface area contributed by atoms with Crippen LogP contribution in [-0.2, 0) is 16.8 Å². The summed E-state index contributed by atoms with van der Waals surface area (Å²) in [5.41, 5.74) is 1.03. The molecule has 100 valence electrons. The lowest BCUT2D eigenvalue weighted by atomic mass is 10.2. The number of halogens is 1. The van der Waals surface area contributed by atoms with Crippen LogP contribution in [0.1, 0.15) is 5.56 Å². The molecule has 2 N–H and O–H groups in total. The normalized spacial score (nSPS) is 11.2. The highest BCUT2D eigenvalue weighted by atomic mass is 32.2. The van der Waals surface area contributed by atoms with Crippen LogP contribution in [0.25, 0.3) is 0 Å². The molecule has 0 aliphatic rings. The molecule has 2 aromatic rings. The predicted octanol–water partition coefficient (Wildman–Crippen LogP) is 1.67. The maximum Gasteiger partial charge on any atom is 0.299 e. The molecule has 1 aromatic carbocycles. The highest BCUT2D eigenvalue weighted by molar-refractivity contribution is 7.90. The van der Waals surface area contributed by atoms with Gasteiger partial charge >= 0.3 is 0 Å². The maximum absolute atomic E-state index is 12.6. The average Bonchev–Trinajstić information content (AvgIpc) is 2.40. The fourth-order valence-electron chi connectivity index (χ4n) is 1.40. The number of pyridine rings is 1. The van der Waals surface area contributed by atoms with E-state index in [0.29, 0.717) is 0 Å². The fraction of sp³-hybridized carbons (Fsp3) is 0.0833. The molecule has 19 heavy (non-hydrogen) atoms. The van der Waals surface area contributed by atoms with Gasteiger partial charge in [-0.05, 0) is 17.7 Å². The Labute approximate surface area is 110 Å². The van der Waals surface area contributed by atoms with Crippen molar-refractivity contribution in [2.45, 2.75) is 6.54 Å². The first-order valence-electron chi connectivity index (χ1n) is 5.48. The van der Waals surface area contributed by atoms with Crippen LogP contribution in [0.3, 0.4) is 0 Å². The lowest BCUT2D eigenvalue weighted by Gasteiger charge is -2.08. The number of hydrogen-bond acceptors (Lipinski definition) is 3. The Bertz CT molecular complexity index is 630. The van der Waals surface area contributed by atoms with E-state index in [0.717, 1.165) is 17.8 Å². The minimum atomic E-state index is -3.71. The number of nitrogens with one attached hydrogen (secondary N) is 2. The third kappa shape index (κ3) is 4.31. The molecule has 0 spiro atoms. The summed E-state index contributed by atoms with van der Waals surface area (Å²) in [5.74, 6) is -0.666. The monoisotopic (exact) mass is 281 g/mol. The topological polar surface area (TPSA) is 71.1 Å². The van der Waals surface area contributed by atoms with Crippen LogP contribution in [0.15, 0.2) is 48.7 Å². The molecular formula is C12H12FN3O2S. The van der Waals surface area contributed by atoms with Gasteiger partial charge in [0.2, 0.25) is 5.95 Å². The highest BCUT2D eigenvalue weighted by Gasteiger charge is 2.09. The summed E-state index contributed by atoms with van der Waals surface area (Å²) in [6.45, 7) is 0.171. The molecule has 2 rings (SSSR count). The zero-order chi connectivity index (χ0) is 13.7. The molecule has 0 saturated carbocycles. The van der Waals surface area contributed by atoms with E-state index < -0.39 is 16.2 Å². The molecule has 0 unspecified atom stereocenters. The summed E-state index contributed by atoms with van der Waals surface area (Å²) in [4.78, 5) is 3.36. The molecule has 0 aliphatic carbocycles. The molecular weight excluding hydrogens is 269 g/mol. The van der Waals surface area contributed by atoms with Gasteiger partial charge in [-0.15, -0.1) is 0 Å². The third-order valence-electron chi connectivity index (χ3n) is 2.29. The number of aromatic nitrogens is 1. The van der Waals surface area contributed by atoms with Gasteiger partial charge in [-0.25, -0.2) is 4.98 Å². The molecule has 7 heteroatoms. The Balaban J connectivity index is 1.97. The second-order valence-corrected chi connectivity index (χ2v) is 5.28. The van der Waals surface area contributed by atoms with Crippen molar-refractivity contribution in [3.05, 3.63) is 60.2 Å². The van der Waals surface area contributed by atoms with Gasteiger partial charge < -0.3 is 0 Å². The first kappa shape index (κ1) is 13.4. The van der Waals surface area contributed by atoms with E-state index in [9.17, 15) is 12.8 Å². The Morgan fingerprint density at radius 2 is 1.84 bits per heavy atom. The molecule has 0 aliphatic heterocycles. The van der Waals surface area contributed by atoms with E-state index in [2.05, 4.69) is 14.4 Å². The van der Waals surface area contributed by atoms with Gasteiger partial charge in [0, 0.05) is 6.54 Å². The second-order valence-electron chi connectivity index (χ2n) is 3.78. The van der Waals surface area contributed by atoms with Gasteiger partial charge in [-0.3, -0.25) is 4.72 Å². The molecule has 0 fully saturated rings. The number of anilines is 1. The van der Waals surface area contributed by atoms with Crippen molar-refractivity contribution < 1.29 is 12.8 Å². The average molecular weight is 281 g/mol. The van der Waals surface area contributed by atoms with Gasteiger partial charge in [-0.1, -0.05) is 30.3 Å². The van der Waals surface area contributed by atoms with E-state index in [1.54, 1.807) is 0 Å². The zero-order valence-electron chi connectivity index (χ0n) is 9.88. The molecule has 1 aromatic heterocycles. The van der Waals surface area contributed by atoms with Gasteiger partial charge in [0.25, 0.3) is 10.2 Å². The SMILES string of the molecule is O=S(=O)(NCc1ccccc1)Nc1ccc(F)nc1. The van der Waals surface area contributed by atoms with Crippen molar-refractivity contribution >= 4 is 15.9 Å². The first-order chi connectivity index (χ1) is 9.05. The van der Waals surface area contributed by atoms with Gasteiger partial charge in [0.15, 0.2) is 0 Å². The molecule has 0 bridgehead atoms. The summed E-state index contributed by atoms with van der Waals surface area (Å²) in [6, 6.07) is 11.5. The summed E-state index contributed by atoms with van der Waals surface area (Å²) < 4.78 is 40.6. The predicted molar refractivity (Wildman–Crippen MR) is 70.0 cm³/mol. The van der Waals surface area contributed by atoms with Gasteiger partial charge in [-0.2, -0.15) is 17.5 Å². The number of rotatable bonds is 5. The van der Waals surface area contributed by atoms with Crippen molar-refractivity contribution in [3.8, 4) is 0 Å². The van der Waals surface area contributed by atoms with E-state index >= 15 is 0 Å². The lowest BCUT2D eigenvalue weighted by Crippen LogP contribution is -2.29. The summed E-state index contributed by atoms with van der Waals surface area (Å²) in [5, 5.41) is 0. The smallest absolute Gasteiger partial charge is 0.270 e. The van der Waals surface area contributed by atoms with Crippen LogP contribution in [-0.4, -0.2) is 13.4 Å². The van der Waals surface area contributed by atoms with Crippen LogP contribution < -0.4 is 9.44 Å². The van der Waals surface area contributed by atoms with Crippen LogP contribution >= 0.6 is 0 Å². The Kier molecular flexibility index (Phi) is 4.08. The van der Waals surface area contributed by atoms with Crippen molar-refractivity contribution in [2.24, 2.45) is 0 Å².